The molecule has 0 bridgehead atoms. The molecule has 2 aromatic heterocycles. The number of carbonyl (C=O) groups is 1. The van der Waals surface area contributed by atoms with Crippen molar-refractivity contribution in [1.29, 1.82) is 0 Å². The summed E-state index contributed by atoms with van der Waals surface area (Å²) in [5.74, 6) is -0.873. The number of rotatable bonds is 3. The summed E-state index contributed by atoms with van der Waals surface area (Å²) in [4.78, 5) is 20.4. The van der Waals surface area contributed by atoms with E-state index in [0.29, 0.717) is 31.1 Å². The van der Waals surface area contributed by atoms with Crippen molar-refractivity contribution in [1.82, 2.24) is 35.0 Å². The molecule has 3 fully saturated rings. The first-order valence-electron chi connectivity index (χ1n) is 9.58. The molecule has 2 amide bonds. The molecule has 1 spiro atoms. The van der Waals surface area contributed by atoms with Crippen LogP contribution in [0.25, 0.3) is 0 Å². The molecule has 1 aliphatic carbocycles. The number of nitrogens with zero attached hydrogens (tertiary/aromatic N) is 7. The second-order valence-electron chi connectivity index (χ2n) is 8.38. The Labute approximate surface area is 160 Å². The van der Waals surface area contributed by atoms with Gasteiger partial charge in [-0.3, -0.25) is 4.98 Å². The number of hydrogen-bond donors (Lipinski definition) is 0. The Kier molecular flexibility index (Phi) is 4.02. The van der Waals surface area contributed by atoms with E-state index in [9.17, 15) is 13.6 Å². The standard InChI is InChI=1S/C18H21F2N7O/c19-13-4-15(20)16(21-7-13)3-12-5-18(6-12)9-26(10-18)17(28)25-2-1-14(8-25)27-11-22-23-24-27/h4,7,11-12,14H,1-3,5-6,8-10H2/t14-/m0/s1. The number of pyridine rings is 1. The zero-order valence-electron chi connectivity index (χ0n) is 15.3. The van der Waals surface area contributed by atoms with Crippen LogP contribution >= 0.6 is 0 Å². The molecule has 1 saturated carbocycles. The van der Waals surface area contributed by atoms with E-state index >= 15 is 0 Å². The van der Waals surface area contributed by atoms with Crippen LogP contribution in [-0.4, -0.2) is 67.2 Å². The maximum absolute atomic E-state index is 13.8. The Bertz CT molecular complexity index is 876. The first-order chi connectivity index (χ1) is 13.5. The molecule has 3 aliphatic rings. The molecule has 5 rings (SSSR count). The van der Waals surface area contributed by atoms with Crippen molar-refractivity contribution in [3.63, 3.8) is 0 Å². The van der Waals surface area contributed by atoms with E-state index in [1.54, 1.807) is 11.0 Å². The summed E-state index contributed by atoms with van der Waals surface area (Å²) in [7, 11) is 0. The highest BCUT2D eigenvalue weighted by molar-refractivity contribution is 5.76. The highest BCUT2D eigenvalue weighted by Gasteiger charge is 2.54. The summed E-state index contributed by atoms with van der Waals surface area (Å²) in [6, 6.07) is 1.11. The first kappa shape index (κ1) is 17.4. The fraction of sp³-hybridized carbons (Fsp3) is 0.611. The van der Waals surface area contributed by atoms with E-state index < -0.39 is 11.6 Å². The third-order valence-electron chi connectivity index (χ3n) is 6.31. The molecular formula is C18H21F2N7O. The van der Waals surface area contributed by atoms with E-state index in [2.05, 4.69) is 20.5 Å². The third kappa shape index (κ3) is 3.00. The van der Waals surface area contributed by atoms with Gasteiger partial charge in [-0.25, -0.2) is 18.3 Å². The van der Waals surface area contributed by atoms with Gasteiger partial charge >= 0.3 is 6.03 Å². The minimum Gasteiger partial charge on any atom is -0.323 e. The predicted octanol–water partition coefficient (Wildman–Crippen LogP) is 1.67. The Morgan fingerprint density at radius 1 is 1.25 bits per heavy atom. The summed E-state index contributed by atoms with van der Waals surface area (Å²) in [5.41, 5.74) is 0.505. The van der Waals surface area contributed by atoms with Crippen molar-refractivity contribution < 1.29 is 13.6 Å². The number of likely N-dealkylation sites (tertiary alicyclic amines) is 2. The Morgan fingerprint density at radius 2 is 2.07 bits per heavy atom. The van der Waals surface area contributed by atoms with Crippen LogP contribution in [0, 0.1) is 23.0 Å². The molecule has 0 aromatic carbocycles. The zero-order valence-corrected chi connectivity index (χ0v) is 15.3. The number of carbonyl (C=O) groups excluding carboxylic acids is 1. The quantitative estimate of drug-likeness (QED) is 0.798. The SMILES string of the molecule is O=C(N1CC[C@H](n2cnnn2)C1)N1CC2(CC(Cc3ncc(F)cc3F)C2)C1. The maximum Gasteiger partial charge on any atom is 0.320 e. The first-order valence-corrected chi connectivity index (χ1v) is 9.58. The van der Waals surface area contributed by atoms with Gasteiger partial charge in [0.2, 0.25) is 0 Å². The molecule has 0 radical (unpaired) electrons. The number of halogens is 2. The number of aromatic nitrogens is 5. The molecule has 1 atom stereocenters. The van der Waals surface area contributed by atoms with Gasteiger partial charge in [0, 0.05) is 37.7 Å². The minimum atomic E-state index is -0.649. The monoisotopic (exact) mass is 389 g/mol. The second-order valence-corrected chi connectivity index (χ2v) is 8.38. The zero-order chi connectivity index (χ0) is 19.3. The van der Waals surface area contributed by atoms with Crippen molar-refractivity contribution in [2.45, 2.75) is 31.7 Å². The number of urea groups is 1. The summed E-state index contributed by atoms with van der Waals surface area (Å²) in [5, 5.41) is 11.2. The van der Waals surface area contributed by atoms with Crippen LogP contribution in [0.2, 0.25) is 0 Å². The largest absolute Gasteiger partial charge is 0.323 e. The Hall–Kier alpha value is -2.65. The number of amides is 2. The van der Waals surface area contributed by atoms with Gasteiger partial charge in [0.15, 0.2) is 0 Å². The van der Waals surface area contributed by atoms with Gasteiger partial charge in [0.25, 0.3) is 0 Å². The lowest BCUT2D eigenvalue weighted by Gasteiger charge is -2.59. The van der Waals surface area contributed by atoms with E-state index in [0.717, 1.165) is 44.6 Å². The normalized spacial score (nSPS) is 23.7. The number of hydrogen-bond acceptors (Lipinski definition) is 5. The van der Waals surface area contributed by atoms with Gasteiger partial charge in [-0.1, -0.05) is 0 Å². The lowest BCUT2D eigenvalue weighted by atomic mass is 9.57. The van der Waals surface area contributed by atoms with Crippen LogP contribution in [0.5, 0.6) is 0 Å². The van der Waals surface area contributed by atoms with Gasteiger partial charge < -0.3 is 9.80 Å². The van der Waals surface area contributed by atoms with Gasteiger partial charge in [-0.15, -0.1) is 5.10 Å². The Morgan fingerprint density at radius 3 is 2.79 bits per heavy atom. The number of tetrazole rings is 1. The van der Waals surface area contributed by atoms with Crippen molar-refractivity contribution in [2.75, 3.05) is 26.2 Å². The topological polar surface area (TPSA) is 80.0 Å². The second kappa shape index (κ2) is 6.46. The van der Waals surface area contributed by atoms with E-state index in [1.165, 1.54) is 0 Å². The lowest BCUT2D eigenvalue weighted by Crippen LogP contribution is -2.65. The van der Waals surface area contributed by atoms with E-state index in [1.807, 2.05) is 9.80 Å². The average molecular weight is 389 g/mol. The van der Waals surface area contributed by atoms with Crippen LogP contribution in [0.4, 0.5) is 13.6 Å². The fourth-order valence-electron chi connectivity index (χ4n) is 5.00. The van der Waals surface area contributed by atoms with Crippen LogP contribution in [0.15, 0.2) is 18.6 Å². The summed E-state index contributed by atoms with van der Waals surface area (Å²) in [6.45, 7) is 2.86. The lowest BCUT2D eigenvalue weighted by molar-refractivity contribution is -0.0758. The van der Waals surface area contributed by atoms with Gasteiger partial charge in [-0.05, 0) is 42.0 Å². The van der Waals surface area contributed by atoms with Gasteiger partial charge in [0.1, 0.15) is 18.0 Å². The summed E-state index contributed by atoms with van der Waals surface area (Å²) in [6.07, 6.45) is 5.96. The highest BCUT2D eigenvalue weighted by Crippen LogP contribution is 2.53. The summed E-state index contributed by atoms with van der Waals surface area (Å²) >= 11 is 0. The van der Waals surface area contributed by atoms with Crippen LogP contribution in [-0.2, 0) is 6.42 Å². The van der Waals surface area contributed by atoms with Crippen molar-refractivity contribution in [3.05, 3.63) is 35.9 Å². The van der Waals surface area contributed by atoms with Gasteiger partial charge in [0.05, 0.1) is 17.9 Å². The van der Waals surface area contributed by atoms with Crippen molar-refractivity contribution in [2.24, 2.45) is 11.3 Å². The van der Waals surface area contributed by atoms with Crippen LogP contribution < -0.4 is 0 Å². The minimum absolute atomic E-state index is 0.0795. The molecule has 28 heavy (non-hydrogen) atoms. The summed E-state index contributed by atoms with van der Waals surface area (Å²) < 4.78 is 28.4. The molecule has 8 nitrogen and oxygen atoms in total. The smallest absolute Gasteiger partial charge is 0.320 e. The molecule has 148 valence electrons. The molecular weight excluding hydrogens is 368 g/mol. The average Bonchev–Trinajstić information content (AvgIpc) is 3.28. The molecule has 0 unspecified atom stereocenters. The molecule has 2 aliphatic heterocycles. The van der Waals surface area contributed by atoms with Gasteiger partial charge in [-0.2, -0.15) is 0 Å². The Balaban J connectivity index is 1.10. The van der Waals surface area contributed by atoms with E-state index in [-0.39, 0.29) is 17.5 Å². The van der Waals surface area contributed by atoms with Crippen LogP contribution in [0.3, 0.4) is 0 Å². The van der Waals surface area contributed by atoms with E-state index in [4.69, 9.17) is 0 Å². The molecule has 4 heterocycles. The third-order valence-corrected chi connectivity index (χ3v) is 6.31. The maximum atomic E-state index is 13.8. The highest BCUT2D eigenvalue weighted by atomic mass is 19.1. The fourth-order valence-corrected chi connectivity index (χ4v) is 5.00. The van der Waals surface area contributed by atoms with Crippen molar-refractivity contribution in [3.8, 4) is 0 Å². The molecule has 2 aromatic rings. The van der Waals surface area contributed by atoms with Crippen LogP contribution in [0.1, 0.15) is 31.0 Å². The van der Waals surface area contributed by atoms with Crippen molar-refractivity contribution >= 4 is 6.03 Å². The molecule has 0 N–H and O–H groups in total. The molecule has 2 saturated heterocycles. The molecule has 10 heteroatoms. The predicted molar refractivity (Wildman–Crippen MR) is 93.0 cm³/mol.